The number of aryl methyl sites for hydroxylation is 1. The third kappa shape index (κ3) is 9.23. The monoisotopic (exact) mass is 923 g/mol. The molecule has 1 unspecified atom stereocenters. The number of carbonyl (C=O) groups excluding carboxylic acids is 3. The first kappa shape index (κ1) is 45.3. The van der Waals surface area contributed by atoms with E-state index in [0.29, 0.717) is 59.7 Å². The number of imide groups is 1. The minimum atomic E-state index is -0.992. The molecule has 1 aliphatic carbocycles. The van der Waals surface area contributed by atoms with E-state index in [2.05, 4.69) is 64.2 Å². The van der Waals surface area contributed by atoms with Crippen molar-refractivity contribution < 1.29 is 19.5 Å². The number of rotatable bonds is 13. The molecule has 4 aliphatic heterocycles. The van der Waals surface area contributed by atoms with Gasteiger partial charge in [-0.25, -0.2) is 24.3 Å². The largest absolute Gasteiger partial charge is 0.384 e. The average molecular weight is 924 g/mol. The van der Waals surface area contributed by atoms with Gasteiger partial charge >= 0.3 is 0 Å². The zero-order valence-corrected chi connectivity index (χ0v) is 38.8. The number of aliphatic hydroxyl groups is 1. The number of nitrogens with zero attached hydrogens (tertiary/aromatic N) is 10. The number of hydrogen-bond acceptors (Lipinski definition) is 14. The smallest absolute Gasteiger partial charge is 0.278 e. The molecule has 3 amide bonds. The van der Waals surface area contributed by atoms with E-state index >= 15 is 0 Å². The van der Waals surface area contributed by atoms with Gasteiger partial charge in [-0.15, -0.1) is 6.58 Å². The molecule has 4 saturated heterocycles. The van der Waals surface area contributed by atoms with Gasteiger partial charge in [0.15, 0.2) is 11.5 Å². The molecule has 4 fully saturated rings. The molecule has 0 spiro atoms. The number of likely N-dealkylation sites (tertiary alicyclic amines) is 1. The first-order chi connectivity index (χ1) is 33.0. The number of pyridine rings is 2. The fourth-order valence-corrected chi connectivity index (χ4v) is 10.8. The van der Waals surface area contributed by atoms with Gasteiger partial charge in [-0.1, -0.05) is 19.1 Å². The lowest BCUT2D eigenvalue weighted by molar-refractivity contribution is -0.134. The van der Waals surface area contributed by atoms with Crippen LogP contribution in [0.2, 0.25) is 0 Å². The molecule has 2 atom stereocenters. The van der Waals surface area contributed by atoms with Gasteiger partial charge < -0.3 is 30.4 Å². The number of carbonyl (C=O) groups is 3. The van der Waals surface area contributed by atoms with Crippen LogP contribution < -0.4 is 31.3 Å². The van der Waals surface area contributed by atoms with Crippen LogP contribution in [0.1, 0.15) is 80.0 Å². The highest BCUT2D eigenvalue weighted by molar-refractivity contribution is 6.03. The Hall–Kier alpha value is -6.50. The number of fused-ring (bicyclic) bond motifs is 2. The first-order valence-electron chi connectivity index (χ1n) is 24.3. The summed E-state index contributed by atoms with van der Waals surface area (Å²) in [6.45, 7) is 15.4. The fraction of sp³-hybridized carbons (Fsp3) is 0.480. The maximum atomic E-state index is 13.6. The second kappa shape index (κ2) is 19.2. The minimum Gasteiger partial charge on any atom is -0.384 e. The van der Waals surface area contributed by atoms with Crippen LogP contribution >= 0.6 is 0 Å². The highest BCUT2D eigenvalue weighted by Gasteiger charge is 2.37. The predicted octanol–water partition coefficient (Wildman–Crippen LogP) is 3.88. The maximum absolute atomic E-state index is 13.6. The molecule has 18 heteroatoms. The van der Waals surface area contributed by atoms with Crippen molar-refractivity contribution in [3.05, 3.63) is 101 Å². The molecule has 4 aromatic heterocycles. The predicted molar refractivity (Wildman–Crippen MR) is 259 cm³/mol. The molecule has 18 nitrogen and oxygen atoms in total. The van der Waals surface area contributed by atoms with Crippen LogP contribution in [0.4, 0.5) is 23.0 Å². The molecular formula is C50H61N13O5. The Balaban J connectivity index is 0.677. The summed E-state index contributed by atoms with van der Waals surface area (Å²) in [6.07, 6.45) is 12.1. The van der Waals surface area contributed by atoms with Crippen molar-refractivity contribution in [3.63, 3.8) is 0 Å². The molecule has 356 valence electrons. The van der Waals surface area contributed by atoms with Crippen LogP contribution in [-0.4, -0.2) is 133 Å². The average Bonchev–Trinajstić information content (AvgIpc) is 3.85. The van der Waals surface area contributed by atoms with Crippen molar-refractivity contribution in [2.75, 3.05) is 74.0 Å². The summed E-state index contributed by atoms with van der Waals surface area (Å²) in [5, 5.41) is 20.0. The number of aromatic nitrogens is 6. The minimum absolute atomic E-state index is 0.207. The summed E-state index contributed by atoms with van der Waals surface area (Å²) in [4.78, 5) is 78.6. The molecule has 0 radical (unpaired) electrons. The molecule has 10 rings (SSSR count). The highest BCUT2D eigenvalue weighted by Crippen LogP contribution is 2.38. The van der Waals surface area contributed by atoms with Crippen LogP contribution in [0, 0.1) is 5.92 Å². The third-order valence-corrected chi connectivity index (χ3v) is 14.9. The van der Waals surface area contributed by atoms with E-state index in [4.69, 9.17) is 9.97 Å². The molecule has 8 heterocycles. The molecule has 5 aromatic rings. The van der Waals surface area contributed by atoms with Gasteiger partial charge in [0.1, 0.15) is 22.7 Å². The summed E-state index contributed by atoms with van der Waals surface area (Å²) in [5.74, 6) is 0.330. The van der Waals surface area contributed by atoms with E-state index < -0.39 is 23.5 Å². The van der Waals surface area contributed by atoms with Gasteiger partial charge in [0, 0.05) is 75.8 Å². The highest BCUT2D eigenvalue weighted by atomic mass is 16.3. The SMILES string of the molecule is C=CCn1c(=O)c2cnc(Nc3ccc(N4CCN(C5CCN(CC6CCN(c7ccc(C(=O)NC8CCC(=O)NC8=O)nc7)CC6)CC5)CC4)cc3)nc2n1-c1ccc2c(n1)[C@@](O)(CC)CC2. The van der Waals surface area contributed by atoms with Gasteiger partial charge in [-0.05, 0) is 118 Å². The number of piperidine rings is 3. The number of anilines is 4. The van der Waals surface area contributed by atoms with Gasteiger partial charge in [-0.3, -0.25) is 29.4 Å². The van der Waals surface area contributed by atoms with Crippen LogP contribution in [0.15, 0.2) is 78.4 Å². The number of amides is 3. The lowest BCUT2D eigenvalue weighted by atomic mass is 9.94. The van der Waals surface area contributed by atoms with Crippen LogP contribution in [-0.2, 0) is 28.2 Å². The van der Waals surface area contributed by atoms with Crippen LogP contribution in [0.25, 0.3) is 16.9 Å². The Morgan fingerprint density at radius 1 is 0.853 bits per heavy atom. The molecule has 1 aromatic carbocycles. The Labute approximate surface area is 395 Å². The zero-order chi connectivity index (χ0) is 46.9. The summed E-state index contributed by atoms with van der Waals surface area (Å²) in [5.41, 5.74) is 4.16. The lowest BCUT2D eigenvalue weighted by Crippen LogP contribution is -2.53. The van der Waals surface area contributed by atoms with Crippen molar-refractivity contribution in [2.45, 2.75) is 88.9 Å². The maximum Gasteiger partial charge on any atom is 0.278 e. The van der Waals surface area contributed by atoms with Crippen molar-refractivity contribution in [1.29, 1.82) is 0 Å². The van der Waals surface area contributed by atoms with Crippen molar-refractivity contribution >= 4 is 51.8 Å². The quantitative estimate of drug-likeness (QED) is 0.0981. The molecule has 5 aliphatic rings. The molecule has 4 N–H and O–H groups in total. The summed E-state index contributed by atoms with van der Waals surface area (Å²) >= 11 is 0. The molecular weight excluding hydrogens is 863 g/mol. The molecule has 68 heavy (non-hydrogen) atoms. The summed E-state index contributed by atoms with van der Waals surface area (Å²) < 4.78 is 3.27. The van der Waals surface area contributed by atoms with Gasteiger partial charge in [0.25, 0.3) is 11.5 Å². The third-order valence-electron chi connectivity index (χ3n) is 14.9. The second-order valence-corrected chi connectivity index (χ2v) is 19.0. The van der Waals surface area contributed by atoms with E-state index in [1.165, 1.54) is 18.5 Å². The Morgan fingerprint density at radius 2 is 1.60 bits per heavy atom. The van der Waals surface area contributed by atoms with E-state index in [1.807, 2.05) is 37.3 Å². The van der Waals surface area contributed by atoms with E-state index in [9.17, 15) is 24.3 Å². The lowest BCUT2D eigenvalue weighted by Gasteiger charge is -2.44. The van der Waals surface area contributed by atoms with E-state index in [0.717, 1.165) is 95.1 Å². The number of allylic oxidation sites excluding steroid dienone is 1. The number of nitrogens with one attached hydrogen (secondary N) is 3. The Bertz CT molecular complexity index is 2730. The van der Waals surface area contributed by atoms with E-state index in [-0.39, 0.29) is 30.1 Å². The zero-order valence-electron chi connectivity index (χ0n) is 38.8. The van der Waals surface area contributed by atoms with E-state index in [1.54, 1.807) is 33.9 Å². The second-order valence-electron chi connectivity index (χ2n) is 19.0. The summed E-state index contributed by atoms with van der Waals surface area (Å²) in [6, 6.07) is 15.8. The van der Waals surface area contributed by atoms with Crippen molar-refractivity contribution in [2.24, 2.45) is 5.92 Å². The fourth-order valence-electron chi connectivity index (χ4n) is 10.8. The molecule has 0 saturated carbocycles. The van der Waals surface area contributed by atoms with Crippen LogP contribution in [0.3, 0.4) is 0 Å². The number of benzene rings is 1. The van der Waals surface area contributed by atoms with Crippen molar-refractivity contribution in [1.82, 2.24) is 49.7 Å². The van der Waals surface area contributed by atoms with Crippen LogP contribution in [0.5, 0.6) is 0 Å². The van der Waals surface area contributed by atoms with Gasteiger partial charge in [0.2, 0.25) is 17.8 Å². The Kier molecular flexibility index (Phi) is 12.8. The van der Waals surface area contributed by atoms with Gasteiger partial charge in [-0.2, -0.15) is 4.98 Å². The number of hydrogen-bond donors (Lipinski definition) is 4. The van der Waals surface area contributed by atoms with Gasteiger partial charge in [0.05, 0.1) is 24.1 Å². The topological polar surface area (TPSA) is 199 Å². The normalized spacial score (nSPS) is 22.1. The first-order valence-corrected chi connectivity index (χ1v) is 24.3. The summed E-state index contributed by atoms with van der Waals surface area (Å²) in [7, 11) is 0. The van der Waals surface area contributed by atoms with Crippen molar-refractivity contribution in [3.8, 4) is 5.82 Å². The Morgan fingerprint density at radius 3 is 2.31 bits per heavy atom. The molecule has 0 bridgehead atoms. The number of piperazine rings is 1. The standard InChI is InChI=1S/C50H61N13O5/c1-3-21-62-48(67)39-31-52-49(57-45(39)63(62)42-13-5-34-15-20-50(68,4-2)44(34)55-42)53-35-6-8-36(9-7-35)60-26-28-61(29-27-60)37-18-22-58(23-19-37)32-33-16-24-59(25-17-33)38-10-11-40(51-30-38)46(65)54-41-12-14-43(64)56-47(41)66/h3,5-11,13,30-31,33,37,41,68H,1,4,12,14-29,32H2,2H3,(H,54,65)(H,52,53,57)(H,56,64,66)/t41?,50-/m1/s1.